The van der Waals surface area contributed by atoms with Crippen molar-refractivity contribution in [3.63, 3.8) is 0 Å². The van der Waals surface area contributed by atoms with Gasteiger partial charge in [0.25, 0.3) is 0 Å². The van der Waals surface area contributed by atoms with Crippen LogP contribution in [0, 0.1) is 0 Å². The fourth-order valence-corrected chi connectivity index (χ4v) is 2.45. The van der Waals surface area contributed by atoms with Crippen LogP contribution in [0.15, 0.2) is 23.2 Å². The van der Waals surface area contributed by atoms with Gasteiger partial charge in [0, 0.05) is 31.1 Å². The van der Waals surface area contributed by atoms with Crippen molar-refractivity contribution in [3.8, 4) is 5.75 Å². The van der Waals surface area contributed by atoms with Gasteiger partial charge in [-0.1, -0.05) is 17.7 Å². The number of halogens is 2. The maximum absolute atomic E-state index is 11.1. The second-order valence-electron chi connectivity index (χ2n) is 5.43. The summed E-state index contributed by atoms with van der Waals surface area (Å²) in [5.41, 5.74) is 1.06. The van der Waals surface area contributed by atoms with Crippen LogP contribution in [0.1, 0.15) is 31.7 Å². The summed E-state index contributed by atoms with van der Waals surface area (Å²) in [6, 6.07) is 5.69. The lowest BCUT2D eigenvalue weighted by molar-refractivity contribution is -0.140. The van der Waals surface area contributed by atoms with Crippen molar-refractivity contribution in [1.29, 1.82) is 0 Å². The zero-order valence-electron chi connectivity index (χ0n) is 15.6. The summed E-state index contributed by atoms with van der Waals surface area (Å²) in [4.78, 5) is 15.6. The number of rotatable bonds is 10. The Kier molecular flexibility index (Phi) is 14.2. The molecule has 0 radical (unpaired) electrons. The largest absolute Gasteiger partial charge is 0.497 e. The normalized spacial score (nSPS) is 10.7. The number of nitrogens with one attached hydrogen (secondary N) is 2. The van der Waals surface area contributed by atoms with Crippen LogP contribution in [0.25, 0.3) is 0 Å². The number of unbranched alkanes of at least 4 members (excludes halogenated alkanes) is 1. The number of hydrogen-bond acceptors (Lipinski definition) is 4. The molecule has 0 aliphatic rings. The summed E-state index contributed by atoms with van der Waals surface area (Å²) in [5, 5.41) is 7.20. The smallest absolute Gasteiger partial charge is 0.305 e. The summed E-state index contributed by atoms with van der Waals surface area (Å²) < 4.78 is 9.77. The number of methoxy groups -OCH3 is 2. The van der Waals surface area contributed by atoms with Crippen molar-refractivity contribution in [2.45, 2.75) is 32.6 Å². The maximum Gasteiger partial charge on any atom is 0.305 e. The van der Waals surface area contributed by atoms with Gasteiger partial charge in [-0.2, -0.15) is 0 Å². The van der Waals surface area contributed by atoms with E-state index >= 15 is 0 Å². The number of aliphatic imine (C=N–C) groups is 1. The first-order valence-electron chi connectivity index (χ1n) is 8.52. The Balaban J connectivity index is 0.00000625. The van der Waals surface area contributed by atoms with E-state index in [0.29, 0.717) is 18.0 Å². The van der Waals surface area contributed by atoms with E-state index < -0.39 is 0 Å². The van der Waals surface area contributed by atoms with Crippen LogP contribution >= 0.6 is 35.6 Å². The zero-order chi connectivity index (χ0) is 18.5. The topological polar surface area (TPSA) is 72.0 Å². The lowest BCUT2D eigenvalue weighted by atomic mass is 10.1. The Morgan fingerprint density at radius 1 is 1.23 bits per heavy atom. The molecule has 0 atom stereocenters. The first-order chi connectivity index (χ1) is 12.1. The minimum atomic E-state index is -0.176. The molecule has 0 spiro atoms. The van der Waals surface area contributed by atoms with Crippen molar-refractivity contribution in [2.75, 3.05) is 33.9 Å². The Hall–Kier alpha value is -1.22. The van der Waals surface area contributed by atoms with Crippen LogP contribution in [0.4, 0.5) is 0 Å². The predicted molar refractivity (Wildman–Crippen MR) is 117 cm³/mol. The lowest BCUT2D eigenvalue weighted by Gasteiger charge is -2.12. The molecule has 0 saturated heterocycles. The highest BCUT2D eigenvalue weighted by Crippen LogP contribution is 2.22. The highest BCUT2D eigenvalue weighted by molar-refractivity contribution is 14.0. The van der Waals surface area contributed by atoms with Crippen LogP contribution < -0.4 is 15.4 Å². The summed E-state index contributed by atoms with van der Waals surface area (Å²) in [5.74, 6) is 1.35. The molecule has 6 nitrogen and oxygen atoms in total. The summed E-state index contributed by atoms with van der Waals surface area (Å²) in [6.45, 7) is 4.20. The highest BCUT2D eigenvalue weighted by atomic mass is 127. The number of esters is 1. The van der Waals surface area contributed by atoms with Gasteiger partial charge < -0.3 is 20.1 Å². The van der Waals surface area contributed by atoms with E-state index in [4.69, 9.17) is 16.3 Å². The van der Waals surface area contributed by atoms with E-state index in [2.05, 4.69) is 20.4 Å². The number of nitrogens with zero attached hydrogens (tertiary/aromatic N) is 1. The van der Waals surface area contributed by atoms with Gasteiger partial charge in [0.15, 0.2) is 5.96 Å². The van der Waals surface area contributed by atoms with Gasteiger partial charge >= 0.3 is 5.97 Å². The van der Waals surface area contributed by atoms with Crippen LogP contribution in [-0.4, -0.2) is 45.8 Å². The molecule has 0 fully saturated rings. The summed E-state index contributed by atoms with van der Waals surface area (Å²) in [6.07, 6.45) is 2.84. The van der Waals surface area contributed by atoms with E-state index in [0.717, 1.165) is 49.6 Å². The third-order valence-electron chi connectivity index (χ3n) is 3.58. The fraction of sp³-hybridized carbons (Fsp3) is 0.556. The van der Waals surface area contributed by atoms with Crippen molar-refractivity contribution < 1.29 is 14.3 Å². The van der Waals surface area contributed by atoms with Crippen LogP contribution in [-0.2, 0) is 16.0 Å². The maximum atomic E-state index is 11.1. The summed E-state index contributed by atoms with van der Waals surface area (Å²) >= 11 is 6.25. The third-order valence-corrected chi connectivity index (χ3v) is 3.93. The van der Waals surface area contributed by atoms with Crippen molar-refractivity contribution in [3.05, 3.63) is 28.8 Å². The average Bonchev–Trinajstić information content (AvgIpc) is 2.62. The zero-order valence-corrected chi connectivity index (χ0v) is 18.7. The molecule has 2 N–H and O–H groups in total. The molecule has 0 bridgehead atoms. The minimum absolute atomic E-state index is 0. The molecule has 0 unspecified atom stereocenters. The first-order valence-corrected chi connectivity index (χ1v) is 8.90. The molecule has 1 rings (SSSR count). The van der Waals surface area contributed by atoms with Gasteiger partial charge in [-0.25, -0.2) is 0 Å². The number of ether oxygens (including phenoxy) is 2. The quantitative estimate of drug-likeness (QED) is 0.170. The first kappa shape index (κ1) is 24.8. The standard InChI is InChI=1S/C18H28ClN3O3.HI/c1-4-20-18(21-11-6-5-7-17(23)25-3)22-12-10-14-8-9-15(24-2)13-16(14)19;/h8-9,13H,4-7,10-12H2,1-3H3,(H2,20,21,22);1H. The molecule has 0 aliphatic carbocycles. The van der Waals surface area contributed by atoms with E-state index in [1.165, 1.54) is 7.11 Å². The second kappa shape index (κ2) is 14.9. The summed E-state index contributed by atoms with van der Waals surface area (Å²) in [7, 11) is 3.03. The third kappa shape index (κ3) is 10.1. The van der Waals surface area contributed by atoms with Crippen LogP contribution in [0.3, 0.4) is 0 Å². The van der Waals surface area contributed by atoms with Crippen molar-refractivity contribution in [2.24, 2.45) is 4.99 Å². The average molecular weight is 498 g/mol. The van der Waals surface area contributed by atoms with Crippen molar-refractivity contribution >= 4 is 47.5 Å². The molecule has 1 aromatic rings. The Bertz CT molecular complexity index is 571. The number of hydrogen-bond donors (Lipinski definition) is 2. The molecule has 0 saturated carbocycles. The molecule has 0 heterocycles. The van der Waals surface area contributed by atoms with Gasteiger partial charge in [-0.3, -0.25) is 9.79 Å². The molecular weight excluding hydrogens is 469 g/mol. The molecule has 0 aliphatic heterocycles. The SMILES string of the molecule is CCNC(=NCCCCC(=O)OC)NCCc1ccc(OC)cc1Cl.I. The Morgan fingerprint density at radius 3 is 2.62 bits per heavy atom. The Morgan fingerprint density at radius 2 is 2.00 bits per heavy atom. The molecule has 26 heavy (non-hydrogen) atoms. The number of guanidine groups is 1. The monoisotopic (exact) mass is 497 g/mol. The lowest BCUT2D eigenvalue weighted by Crippen LogP contribution is -2.38. The van der Waals surface area contributed by atoms with Crippen molar-refractivity contribution in [1.82, 2.24) is 10.6 Å². The number of benzene rings is 1. The molecule has 148 valence electrons. The molecular formula is C18H29ClIN3O3. The Labute approximate surface area is 178 Å². The molecule has 1 aromatic carbocycles. The molecule has 8 heteroatoms. The predicted octanol–water partition coefficient (Wildman–Crippen LogP) is 3.41. The fourth-order valence-electron chi connectivity index (χ4n) is 2.19. The number of carbonyl (C=O) groups is 1. The van der Waals surface area contributed by atoms with Crippen LogP contribution in [0.2, 0.25) is 5.02 Å². The van der Waals surface area contributed by atoms with Gasteiger partial charge in [0.2, 0.25) is 0 Å². The van der Waals surface area contributed by atoms with E-state index in [9.17, 15) is 4.79 Å². The minimum Gasteiger partial charge on any atom is -0.497 e. The second-order valence-corrected chi connectivity index (χ2v) is 5.84. The molecule has 0 aromatic heterocycles. The van der Waals surface area contributed by atoms with E-state index in [1.54, 1.807) is 7.11 Å². The van der Waals surface area contributed by atoms with E-state index in [-0.39, 0.29) is 29.9 Å². The molecule has 0 amide bonds. The number of carbonyl (C=O) groups excluding carboxylic acids is 1. The highest BCUT2D eigenvalue weighted by Gasteiger charge is 2.04. The van der Waals surface area contributed by atoms with Gasteiger partial charge in [-0.05, 0) is 43.9 Å². The van der Waals surface area contributed by atoms with E-state index in [1.807, 2.05) is 25.1 Å². The van der Waals surface area contributed by atoms with Crippen LogP contribution in [0.5, 0.6) is 5.75 Å². The van der Waals surface area contributed by atoms with Gasteiger partial charge in [0.05, 0.1) is 14.2 Å². The van der Waals surface area contributed by atoms with Gasteiger partial charge in [-0.15, -0.1) is 24.0 Å². The van der Waals surface area contributed by atoms with Gasteiger partial charge in [0.1, 0.15) is 5.75 Å².